The van der Waals surface area contributed by atoms with Crippen LogP contribution in [0, 0.1) is 0 Å². The number of rotatable bonds is 3. The van der Waals surface area contributed by atoms with Crippen molar-refractivity contribution < 1.29 is 9.90 Å². The van der Waals surface area contributed by atoms with E-state index in [1.807, 2.05) is 60.8 Å². The summed E-state index contributed by atoms with van der Waals surface area (Å²) in [5.41, 5.74) is 2.89. The summed E-state index contributed by atoms with van der Waals surface area (Å²) in [6.45, 7) is 0. The highest BCUT2D eigenvalue weighted by molar-refractivity contribution is 5.91. The molecule has 0 radical (unpaired) electrons. The molecule has 0 saturated carbocycles. The first-order valence-corrected chi connectivity index (χ1v) is 8.51. The van der Waals surface area contributed by atoms with Gasteiger partial charge in [0.1, 0.15) is 11.7 Å². The fourth-order valence-corrected chi connectivity index (χ4v) is 3.39. The lowest BCUT2D eigenvalue weighted by molar-refractivity contribution is -0.132. The van der Waals surface area contributed by atoms with Crippen LogP contribution in [0.1, 0.15) is 11.6 Å². The number of carboxylic acid groups (broad SMARTS) is 1. The van der Waals surface area contributed by atoms with E-state index in [1.54, 1.807) is 10.8 Å². The zero-order chi connectivity index (χ0) is 18.4. The maximum atomic E-state index is 11.6. The van der Waals surface area contributed by atoms with Crippen LogP contribution in [-0.4, -0.2) is 30.8 Å². The average Bonchev–Trinajstić information content (AvgIpc) is 3.32. The first kappa shape index (κ1) is 15.4. The fourth-order valence-electron chi connectivity index (χ4n) is 3.39. The molecule has 0 fully saturated rings. The second kappa shape index (κ2) is 5.84. The zero-order valence-electron chi connectivity index (χ0n) is 14.1. The minimum Gasteiger partial charge on any atom is -0.477 e. The molecule has 27 heavy (non-hydrogen) atoms. The van der Waals surface area contributed by atoms with Crippen LogP contribution in [0.5, 0.6) is 0 Å². The van der Waals surface area contributed by atoms with Crippen molar-refractivity contribution in [1.82, 2.24) is 19.7 Å². The normalized spacial score (nSPS) is 15.9. The summed E-state index contributed by atoms with van der Waals surface area (Å²) >= 11 is 0. The van der Waals surface area contributed by atoms with Crippen LogP contribution in [0.2, 0.25) is 0 Å². The van der Waals surface area contributed by atoms with Crippen LogP contribution in [0.4, 0.5) is 5.95 Å². The molecule has 0 unspecified atom stereocenters. The van der Waals surface area contributed by atoms with Crippen LogP contribution in [0.25, 0.3) is 22.3 Å². The molecule has 5 rings (SSSR count). The van der Waals surface area contributed by atoms with Crippen molar-refractivity contribution in [3.05, 3.63) is 78.1 Å². The van der Waals surface area contributed by atoms with E-state index in [2.05, 4.69) is 20.4 Å². The number of anilines is 1. The number of para-hydroxylation sites is 1. The van der Waals surface area contributed by atoms with Gasteiger partial charge >= 0.3 is 5.97 Å². The van der Waals surface area contributed by atoms with Crippen LogP contribution >= 0.6 is 0 Å². The molecule has 1 aliphatic rings. The minimum absolute atomic E-state index is 0.0878. The van der Waals surface area contributed by atoms with Crippen LogP contribution in [0.15, 0.2) is 72.6 Å². The van der Waals surface area contributed by atoms with Crippen molar-refractivity contribution in [2.24, 2.45) is 0 Å². The molecule has 0 aliphatic carbocycles. The van der Waals surface area contributed by atoms with Gasteiger partial charge in [0.05, 0.1) is 0 Å². The van der Waals surface area contributed by atoms with E-state index in [0.29, 0.717) is 11.8 Å². The van der Waals surface area contributed by atoms with E-state index in [1.165, 1.54) is 0 Å². The van der Waals surface area contributed by atoms with Crippen molar-refractivity contribution >= 4 is 22.8 Å². The van der Waals surface area contributed by atoms with E-state index < -0.39 is 5.97 Å². The summed E-state index contributed by atoms with van der Waals surface area (Å²) in [5, 5.41) is 18.1. The maximum absolute atomic E-state index is 11.6. The third-order valence-electron chi connectivity index (χ3n) is 4.67. The molecule has 3 heterocycles. The average molecular weight is 357 g/mol. The van der Waals surface area contributed by atoms with E-state index in [0.717, 1.165) is 22.0 Å². The molecule has 0 bridgehead atoms. The van der Waals surface area contributed by atoms with Crippen molar-refractivity contribution in [3.8, 4) is 11.4 Å². The van der Waals surface area contributed by atoms with Crippen molar-refractivity contribution in [2.45, 2.75) is 6.04 Å². The topological polar surface area (TPSA) is 95.8 Å². The number of hydrogen-bond acceptors (Lipinski definition) is 4. The molecular formula is C20H15N5O2. The van der Waals surface area contributed by atoms with Crippen LogP contribution in [0.3, 0.4) is 0 Å². The van der Waals surface area contributed by atoms with Gasteiger partial charge in [0.15, 0.2) is 5.82 Å². The van der Waals surface area contributed by atoms with Crippen molar-refractivity contribution in [2.75, 3.05) is 5.32 Å². The second-order valence-electron chi connectivity index (χ2n) is 6.31. The number of fused-ring (bicyclic) bond motifs is 2. The summed E-state index contributed by atoms with van der Waals surface area (Å²) in [4.78, 5) is 19.4. The van der Waals surface area contributed by atoms with Crippen molar-refractivity contribution in [3.63, 3.8) is 0 Å². The Labute approximate surface area is 154 Å². The first-order chi connectivity index (χ1) is 13.2. The number of aliphatic carboxylic acids is 1. The molecule has 7 nitrogen and oxygen atoms in total. The fraction of sp³-hybridized carbons (Fsp3) is 0.0500. The third kappa shape index (κ3) is 2.48. The predicted octanol–water partition coefficient (Wildman–Crippen LogP) is 3.41. The quantitative estimate of drug-likeness (QED) is 0.522. The largest absolute Gasteiger partial charge is 0.477 e. The molecule has 1 aliphatic heterocycles. The molecule has 0 amide bonds. The van der Waals surface area contributed by atoms with E-state index >= 15 is 0 Å². The second-order valence-corrected chi connectivity index (χ2v) is 6.31. The molecule has 132 valence electrons. The van der Waals surface area contributed by atoms with E-state index in [-0.39, 0.29) is 11.7 Å². The number of H-pyrrole nitrogens is 1. The molecule has 4 aromatic rings. The van der Waals surface area contributed by atoms with Gasteiger partial charge in [-0.05, 0) is 12.1 Å². The Morgan fingerprint density at radius 3 is 2.67 bits per heavy atom. The van der Waals surface area contributed by atoms with Crippen LogP contribution < -0.4 is 5.32 Å². The summed E-state index contributed by atoms with van der Waals surface area (Å²) in [7, 11) is 0. The summed E-state index contributed by atoms with van der Waals surface area (Å²) < 4.78 is 1.73. The molecular weight excluding hydrogens is 342 g/mol. The maximum Gasteiger partial charge on any atom is 0.352 e. The van der Waals surface area contributed by atoms with E-state index in [9.17, 15) is 9.90 Å². The lowest BCUT2D eigenvalue weighted by Crippen LogP contribution is -2.24. The minimum atomic E-state index is -1.03. The van der Waals surface area contributed by atoms with Gasteiger partial charge in [0, 0.05) is 28.2 Å². The molecule has 0 spiro atoms. The van der Waals surface area contributed by atoms with Gasteiger partial charge in [-0.1, -0.05) is 48.5 Å². The van der Waals surface area contributed by atoms with Gasteiger partial charge in [-0.15, -0.1) is 5.10 Å². The Morgan fingerprint density at radius 1 is 1.07 bits per heavy atom. The number of aromatic nitrogens is 4. The summed E-state index contributed by atoms with van der Waals surface area (Å²) in [5.74, 6) is -0.0811. The number of carboxylic acids is 1. The molecule has 7 heteroatoms. The van der Waals surface area contributed by atoms with Gasteiger partial charge < -0.3 is 15.4 Å². The molecule has 0 saturated heterocycles. The standard InChI is InChI=1S/C20H15N5O2/c26-19(27)16-10-17(14-11-21-15-9-5-4-8-13(14)15)25-20(22-16)23-18(24-25)12-6-2-1-3-7-12/h1-11,17,21H,(H,26,27)(H,22,23,24)/t17-/m0/s1. The van der Waals surface area contributed by atoms with E-state index in [4.69, 9.17) is 0 Å². The highest BCUT2D eigenvalue weighted by atomic mass is 16.4. The van der Waals surface area contributed by atoms with Crippen LogP contribution in [-0.2, 0) is 4.79 Å². The Kier molecular flexibility index (Phi) is 3.33. The summed E-state index contributed by atoms with van der Waals surface area (Å²) in [6.07, 6.45) is 3.55. The zero-order valence-corrected chi connectivity index (χ0v) is 14.1. The van der Waals surface area contributed by atoms with Crippen molar-refractivity contribution in [1.29, 1.82) is 0 Å². The lowest BCUT2D eigenvalue weighted by atomic mass is 10.0. The molecule has 2 aromatic carbocycles. The number of benzene rings is 2. The van der Waals surface area contributed by atoms with Gasteiger partial charge in [0.2, 0.25) is 5.95 Å². The highest BCUT2D eigenvalue weighted by Gasteiger charge is 2.28. The molecule has 2 aromatic heterocycles. The number of nitrogens with zero attached hydrogens (tertiary/aromatic N) is 3. The monoisotopic (exact) mass is 357 g/mol. The van der Waals surface area contributed by atoms with Gasteiger partial charge in [-0.25, -0.2) is 9.48 Å². The number of nitrogens with one attached hydrogen (secondary N) is 2. The van der Waals surface area contributed by atoms with Gasteiger partial charge in [-0.2, -0.15) is 4.98 Å². The number of hydrogen-bond donors (Lipinski definition) is 3. The van der Waals surface area contributed by atoms with Gasteiger partial charge in [-0.3, -0.25) is 0 Å². The first-order valence-electron chi connectivity index (χ1n) is 8.51. The number of allylic oxidation sites excluding steroid dienone is 1. The Morgan fingerprint density at radius 2 is 1.85 bits per heavy atom. The Hall–Kier alpha value is -3.87. The SMILES string of the molecule is O=C(O)C1=C[C@@H](c2c[nH]c3ccccc23)n2nc(-c3ccccc3)nc2N1. The third-order valence-corrected chi connectivity index (χ3v) is 4.67. The Balaban J connectivity index is 1.69. The highest BCUT2D eigenvalue weighted by Crippen LogP contribution is 2.34. The predicted molar refractivity (Wildman–Crippen MR) is 101 cm³/mol. The molecule has 1 atom stereocenters. The number of aromatic amines is 1. The summed E-state index contributed by atoms with van der Waals surface area (Å²) in [6, 6.07) is 17.1. The lowest BCUT2D eigenvalue weighted by Gasteiger charge is -2.21. The van der Waals surface area contributed by atoms with Gasteiger partial charge in [0.25, 0.3) is 0 Å². The Bertz CT molecular complexity index is 1190. The smallest absolute Gasteiger partial charge is 0.352 e. The number of carbonyl (C=O) groups is 1. The molecule has 3 N–H and O–H groups in total.